The van der Waals surface area contributed by atoms with Gasteiger partial charge in [0.25, 0.3) is 0 Å². The molecule has 1 heterocycles. The van der Waals surface area contributed by atoms with E-state index in [1.54, 1.807) is 0 Å². The van der Waals surface area contributed by atoms with E-state index in [1.165, 1.54) is 5.56 Å². The van der Waals surface area contributed by atoms with Gasteiger partial charge in [0, 0.05) is 17.8 Å². The number of aryl methyl sites for hydroxylation is 2. The average molecular weight is 363 g/mol. The maximum atomic E-state index is 11.4. The number of rotatable bonds is 7. The van der Waals surface area contributed by atoms with E-state index in [4.69, 9.17) is 9.32 Å². The third-order valence-corrected chi connectivity index (χ3v) is 3.71. The number of carbonyl (C=O) groups is 1. The fraction of sp³-hybridized carbons (Fsp3) is 0.294. The molecule has 1 aromatic heterocycles. The minimum atomic E-state index is -0.465. The molecule has 1 aromatic carbocycles. The summed E-state index contributed by atoms with van der Waals surface area (Å²) < 4.78 is 6.92. The van der Waals surface area contributed by atoms with Crippen LogP contribution < -0.4 is 20.7 Å². The van der Waals surface area contributed by atoms with Gasteiger partial charge in [0.1, 0.15) is 11.9 Å². The van der Waals surface area contributed by atoms with Gasteiger partial charge >= 0.3 is 6.03 Å². The molecule has 7 nitrogen and oxygen atoms in total. The number of hydrogen-bond donors (Lipinski definition) is 3. The number of benzene rings is 1. The van der Waals surface area contributed by atoms with Crippen LogP contribution in [0.25, 0.3) is 0 Å². The lowest BCUT2D eigenvalue weighted by Gasteiger charge is -2.11. The van der Waals surface area contributed by atoms with Gasteiger partial charge in [-0.2, -0.15) is 5.48 Å². The normalized spacial score (nSPS) is 10.6. The van der Waals surface area contributed by atoms with Crippen LogP contribution in [-0.2, 0) is 16.4 Å². The van der Waals surface area contributed by atoms with Gasteiger partial charge in [-0.25, -0.2) is 9.36 Å². The van der Waals surface area contributed by atoms with Crippen LogP contribution in [0, 0.1) is 6.92 Å². The second-order valence-electron chi connectivity index (χ2n) is 5.85. The van der Waals surface area contributed by atoms with E-state index < -0.39 is 6.03 Å². The molecule has 25 heavy (non-hydrogen) atoms. The summed E-state index contributed by atoms with van der Waals surface area (Å²) in [5.74, 6) is 0. The lowest BCUT2D eigenvalue weighted by Crippen LogP contribution is -2.39. The zero-order valence-corrected chi connectivity index (χ0v) is 15.5. The number of amides is 2. The van der Waals surface area contributed by atoms with Crippen molar-refractivity contribution in [1.82, 2.24) is 10.8 Å². The number of nitrogens with one attached hydrogen (secondary N) is 3. The number of urea groups is 1. The zero-order chi connectivity index (χ0) is 18.2. The highest BCUT2D eigenvalue weighted by Gasteiger charge is 2.11. The molecule has 0 aliphatic carbocycles. The first-order valence-electron chi connectivity index (χ1n) is 7.83. The highest BCUT2D eigenvalue weighted by molar-refractivity contribution is 7.94. The van der Waals surface area contributed by atoms with Crippen LogP contribution in [0.4, 0.5) is 16.2 Å². The van der Waals surface area contributed by atoms with Gasteiger partial charge in [-0.15, -0.1) is 4.33 Å². The van der Waals surface area contributed by atoms with E-state index in [2.05, 4.69) is 22.2 Å². The molecule has 0 aliphatic rings. The Labute approximate surface area is 151 Å². The summed E-state index contributed by atoms with van der Waals surface area (Å²) in [5, 5.41) is 5.97. The third-order valence-electron chi connectivity index (χ3n) is 3.07. The van der Waals surface area contributed by atoms with Crippen molar-refractivity contribution < 1.29 is 18.7 Å². The van der Waals surface area contributed by atoms with Crippen LogP contribution in [0.1, 0.15) is 19.4 Å². The quantitative estimate of drug-likeness (QED) is 0.232. The predicted molar refractivity (Wildman–Crippen MR) is 96.9 cm³/mol. The minimum Gasteiger partial charge on any atom is -0.354 e. The van der Waals surface area contributed by atoms with Crippen molar-refractivity contribution in [3.05, 3.63) is 48.3 Å². The Balaban J connectivity index is 1.95. The van der Waals surface area contributed by atoms with Gasteiger partial charge in [-0.1, -0.05) is 17.1 Å². The largest absolute Gasteiger partial charge is 0.354 e. The summed E-state index contributed by atoms with van der Waals surface area (Å²) in [6.45, 7) is 5.74. The number of hydrogen-bond acceptors (Lipinski definition) is 5. The van der Waals surface area contributed by atoms with Crippen LogP contribution in [0.15, 0.2) is 47.6 Å². The molecule has 0 bridgehead atoms. The van der Waals surface area contributed by atoms with Crippen LogP contribution >= 0.6 is 12.0 Å². The summed E-state index contributed by atoms with van der Waals surface area (Å²) in [6, 6.07) is 9.55. The number of nitrogens with zero attached hydrogens (tertiary/aromatic N) is 1. The molecule has 8 heteroatoms. The highest BCUT2D eigenvalue weighted by atomic mass is 32.2. The van der Waals surface area contributed by atoms with E-state index in [0.29, 0.717) is 0 Å². The number of aromatic nitrogens is 1. The summed E-state index contributed by atoms with van der Waals surface area (Å²) in [6.07, 6.45) is 3.82. The van der Waals surface area contributed by atoms with Crippen LogP contribution in [-0.4, -0.2) is 12.1 Å². The van der Waals surface area contributed by atoms with Crippen molar-refractivity contribution in [3.63, 3.8) is 0 Å². The molecule has 2 amide bonds. The van der Waals surface area contributed by atoms with Crippen molar-refractivity contribution in [2.75, 3.05) is 5.32 Å². The van der Waals surface area contributed by atoms with E-state index in [0.717, 1.165) is 28.3 Å². The van der Waals surface area contributed by atoms with E-state index >= 15 is 0 Å². The van der Waals surface area contributed by atoms with Gasteiger partial charge in [0.2, 0.25) is 0 Å². The second-order valence-corrected chi connectivity index (χ2v) is 6.59. The van der Waals surface area contributed by atoms with Gasteiger partial charge in [0.15, 0.2) is 12.4 Å². The van der Waals surface area contributed by atoms with Gasteiger partial charge in [0.05, 0.1) is 17.7 Å². The van der Waals surface area contributed by atoms with Gasteiger partial charge in [-0.3, -0.25) is 0 Å². The lowest BCUT2D eigenvalue weighted by atomic mass is 10.2. The molecular weight excluding hydrogens is 340 g/mol. The third kappa shape index (κ3) is 6.61. The van der Waals surface area contributed by atoms with Crippen molar-refractivity contribution in [1.29, 1.82) is 0 Å². The Morgan fingerprint density at radius 2 is 2.08 bits per heavy atom. The summed E-state index contributed by atoms with van der Waals surface area (Å²) in [4.78, 5) is 16.9. The fourth-order valence-corrected chi connectivity index (χ4v) is 2.58. The Morgan fingerprint density at radius 1 is 1.28 bits per heavy atom. The molecule has 0 atom stereocenters. The summed E-state index contributed by atoms with van der Waals surface area (Å²) in [7, 11) is 1.91. The van der Waals surface area contributed by atoms with E-state index in [1.807, 2.05) is 69.0 Å². The van der Waals surface area contributed by atoms with Crippen molar-refractivity contribution in [2.45, 2.75) is 31.7 Å². The molecule has 0 spiro atoms. The molecule has 2 rings (SSSR count). The molecule has 3 N–H and O–H groups in total. The molecule has 0 radical (unpaired) electrons. The topological polar surface area (TPSA) is 75.5 Å². The molecule has 2 aromatic rings. The average Bonchev–Trinajstić information content (AvgIpc) is 2.53. The maximum Gasteiger partial charge on any atom is 0.341 e. The predicted octanol–water partition coefficient (Wildman–Crippen LogP) is 3.14. The molecular formula is C17H23N4O3S+. The zero-order valence-electron chi connectivity index (χ0n) is 14.7. The first kappa shape index (κ1) is 19.0. The van der Waals surface area contributed by atoms with Crippen LogP contribution in [0.3, 0.4) is 0 Å². The molecule has 0 fully saturated rings. The standard InChI is InChI=1S/C17H22N4O3S/c1-12(2)18-17(22)20-23-24-25-16-11-21(4)9-8-15(16)19-14-7-5-6-13(3)10-14/h5-12H,1-4H3,(H2,18,20,22)/p+1. The van der Waals surface area contributed by atoms with Crippen molar-refractivity contribution >= 4 is 29.4 Å². The minimum absolute atomic E-state index is 0.00885. The van der Waals surface area contributed by atoms with Crippen molar-refractivity contribution in [2.24, 2.45) is 7.05 Å². The second kappa shape index (κ2) is 9.26. The summed E-state index contributed by atoms with van der Waals surface area (Å²) in [5.41, 5.74) is 5.17. The molecule has 0 saturated carbocycles. The Bertz CT molecular complexity index is 725. The number of carbonyl (C=O) groups excluding carboxylic acids is 1. The Kier molecular flexibility index (Phi) is 7.05. The number of anilines is 2. The first-order valence-corrected chi connectivity index (χ1v) is 8.58. The first-order chi connectivity index (χ1) is 11.9. The number of pyridine rings is 1. The smallest absolute Gasteiger partial charge is 0.341 e. The van der Waals surface area contributed by atoms with Gasteiger partial charge < -0.3 is 10.6 Å². The van der Waals surface area contributed by atoms with Crippen LogP contribution in [0.5, 0.6) is 0 Å². The fourth-order valence-electron chi connectivity index (χ4n) is 2.02. The van der Waals surface area contributed by atoms with E-state index in [-0.39, 0.29) is 6.04 Å². The van der Waals surface area contributed by atoms with Crippen LogP contribution in [0.2, 0.25) is 0 Å². The molecule has 0 unspecified atom stereocenters. The maximum absolute atomic E-state index is 11.4. The van der Waals surface area contributed by atoms with Crippen molar-refractivity contribution in [3.8, 4) is 0 Å². The Hall–Kier alpha value is -2.29. The highest BCUT2D eigenvalue weighted by Crippen LogP contribution is 2.29. The molecule has 0 saturated heterocycles. The lowest BCUT2D eigenvalue weighted by molar-refractivity contribution is -0.673. The summed E-state index contributed by atoms with van der Waals surface area (Å²) >= 11 is 0.997. The number of hydroxylamine groups is 1. The molecule has 134 valence electrons. The monoisotopic (exact) mass is 363 g/mol. The molecule has 0 aliphatic heterocycles. The van der Waals surface area contributed by atoms with E-state index in [9.17, 15) is 4.79 Å². The van der Waals surface area contributed by atoms with Gasteiger partial charge in [-0.05, 0) is 38.5 Å². The SMILES string of the molecule is Cc1cccc(Nc2cc[n+](C)cc2SOONC(=O)NC(C)C)c1. The Morgan fingerprint density at radius 3 is 2.80 bits per heavy atom.